The highest BCUT2D eigenvalue weighted by atomic mass is 32.1. The van der Waals surface area contributed by atoms with Gasteiger partial charge in [0.15, 0.2) is 5.13 Å². The zero-order valence-corrected chi connectivity index (χ0v) is 15.4. The lowest BCUT2D eigenvalue weighted by atomic mass is 10.1. The molecule has 0 bridgehead atoms. The third-order valence-electron chi connectivity index (χ3n) is 3.71. The summed E-state index contributed by atoms with van der Waals surface area (Å²) in [5, 5.41) is 11.7. The van der Waals surface area contributed by atoms with Crippen LogP contribution >= 0.6 is 11.3 Å². The van der Waals surface area contributed by atoms with Gasteiger partial charge >= 0.3 is 0 Å². The lowest BCUT2D eigenvalue weighted by Gasteiger charge is -2.03. The van der Waals surface area contributed by atoms with Crippen molar-refractivity contribution in [2.75, 3.05) is 10.6 Å². The second-order valence-electron chi connectivity index (χ2n) is 5.67. The van der Waals surface area contributed by atoms with Crippen molar-refractivity contribution in [2.45, 2.75) is 27.2 Å². The topological polar surface area (TPSA) is 97.1 Å². The molecule has 26 heavy (non-hydrogen) atoms. The molecule has 0 atom stereocenters. The fraction of sp³-hybridized carbons (Fsp3) is 0.222. The van der Waals surface area contributed by atoms with Gasteiger partial charge in [0.1, 0.15) is 11.3 Å². The third-order valence-corrected chi connectivity index (χ3v) is 4.46. The summed E-state index contributed by atoms with van der Waals surface area (Å²) in [5.41, 5.74) is 3.39. The molecule has 7 nitrogen and oxygen atoms in total. The number of nitrogens with one attached hydrogen (secondary N) is 2. The van der Waals surface area contributed by atoms with Crippen molar-refractivity contribution in [1.29, 1.82) is 0 Å². The van der Waals surface area contributed by atoms with Crippen LogP contribution in [0, 0.1) is 6.92 Å². The number of aromatic nitrogens is 2. The van der Waals surface area contributed by atoms with Crippen LogP contribution < -0.4 is 10.6 Å². The number of hydrogen-bond acceptors (Lipinski definition) is 6. The van der Waals surface area contributed by atoms with Crippen molar-refractivity contribution in [1.82, 2.24) is 10.1 Å². The summed E-state index contributed by atoms with van der Waals surface area (Å²) in [5.74, 6) is 0.166. The summed E-state index contributed by atoms with van der Waals surface area (Å²) in [4.78, 5) is 28.0. The van der Waals surface area contributed by atoms with Crippen LogP contribution in [0.2, 0.25) is 0 Å². The van der Waals surface area contributed by atoms with E-state index in [1.165, 1.54) is 18.3 Å². The lowest BCUT2D eigenvalue weighted by Crippen LogP contribution is -2.14. The Morgan fingerprint density at radius 1 is 1.19 bits per heavy atom. The van der Waals surface area contributed by atoms with E-state index in [-0.39, 0.29) is 11.8 Å². The number of anilines is 2. The van der Waals surface area contributed by atoms with Crippen LogP contribution in [0.4, 0.5) is 10.8 Å². The van der Waals surface area contributed by atoms with Crippen molar-refractivity contribution in [2.24, 2.45) is 0 Å². The second kappa shape index (κ2) is 7.49. The van der Waals surface area contributed by atoms with E-state index in [0.29, 0.717) is 28.6 Å². The van der Waals surface area contributed by atoms with E-state index in [2.05, 4.69) is 20.8 Å². The third kappa shape index (κ3) is 3.80. The molecule has 0 aliphatic rings. The summed E-state index contributed by atoms with van der Waals surface area (Å²) >= 11 is 1.34. The van der Waals surface area contributed by atoms with Gasteiger partial charge in [0.05, 0.1) is 11.4 Å². The van der Waals surface area contributed by atoms with Crippen LogP contribution in [0.1, 0.15) is 35.7 Å². The Bertz CT molecular complexity index is 944. The van der Waals surface area contributed by atoms with Crippen LogP contribution in [0.3, 0.4) is 0 Å². The van der Waals surface area contributed by atoms with E-state index in [0.717, 1.165) is 16.9 Å². The van der Waals surface area contributed by atoms with Gasteiger partial charge in [-0.3, -0.25) is 14.9 Å². The number of rotatable bonds is 5. The average Bonchev–Trinajstić information content (AvgIpc) is 3.21. The predicted octanol–water partition coefficient (Wildman–Crippen LogP) is 3.88. The number of amides is 2. The fourth-order valence-electron chi connectivity index (χ4n) is 2.50. The quantitative estimate of drug-likeness (QED) is 0.710. The van der Waals surface area contributed by atoms with Crippen LogP contribution in [0.15, 0.2) is 34.2 Å². The normalized spacial score (nSPS) is 10.6. The predicted molar refractivity (Wildman–Crippen MR) is 100 cm³/mol. The molecule has 2 heterocycles. The molecule has 1 aromatic carbocycles. The van der Waals surface area contributed by atoms with Gasteiger partial charge in [-0.2, -0.15) is 0 Å². The molecule has 8 heteroatoms. The SMILES string of the molecule is CCc1onc(C)c1C(=O)Nc1nc(-c2ccc(NC(C)=O)cc2)cs1. The van der Waals surface area contributed by atoms with Crippen molar-refractivity contribution in [3.05, 3.63) is 46.7 Å². The smallest absolute Gasteiger partial charge is 0.262 e. The van der Waals surface area contributed by atoms with Crippen molar-refractivity contribution in [3.8, 4) is 11.3 Å². The van der Waals surface area contributed by atoms with Gasteiger partial charge in [-0.25, -0.2) is 4.98 Å². The molecule has 2 amide bonds. The molecule has 134 valence electrons. The maximum Gasteiger partial charge on any atom is 0.262 e. The number of benzene rings is 1. The van der Waals surface area contributed by atoms with Gasteiger partial charge in [-0.1, -0.05) is 24.2 Å². The Kier molecular flexibility index (Phi) is 5.13. The first-order valence-electron chi connectivity index (χ1n) is 8.08. The Labute approximate surface area is 154 Å². The molecule has 0 saturated heterocycles. The lowest BCUT2D eigenvalue weighted by molar-refractivity contribution is -0.114. The molecule has 0 fully saturated rings. The molecule has 0 unspecified atom stereocenters. The van der Waals surface area contributed by atoms with Gasteiger partial charge < -0.3 is 9.84 Å². The second-order valence-corrected chi connectivity index (χ2v) is 6.53. The Morgan fingerprint density at radius 2 is 1.92 bits per heavy atom. The first kappa shape index (κ1) is 17.8. The van der Waals surface area contributed by atoms with Crippen molar-refractivity contribution in [3.63, 3.8) is 0 Å². The van der Waals surface area contributed by atoms with Gasteiger partial charge in [0.25, 0.3) is 5.91 Å². The molecule has 0 aliphatic heterocycles. The molecule has 0 radical (unpaired) electrons. The molecular weight excluding hydrogens is 352 g/mol. The Balaban J connectivity index is 1.74. The largest absolute Gasteiger partial charge is 0.360 e. The zero-order chi connectivity index (χ0) is 18.7. The average molecular weight is 370 g/mol. The van der Waals surface area contributed by atoms with Crippen LogP contribution in [-0.2, 0) is 11.2 Å². The van der Waals surface area contributed by atoms with Crippen LogP contribution in [0.5, 0.6) is 0 Å². The van der Waals surface area contributed by atoms with Crippen LogP contribution in [-0.4, -0.2) is 22.0 Å². The number of aryl methyl sites for hydroxylation is 2. The number of carbonyl (C=O) groups is 2. The molecular formula is C18H18N4O3S. The molecule has 2 aromatic heterocycles. The highest BCUT2D eigenvalue weighted by Crippen LogP contribution is 2.27. The van der Waals surface area contributed by atoms with E-state index in [1.807, 2.05) is 36.6 Å². The molecule has 3 aromatic rings. The highest BCUT2D eigenvalue weighted by Gasteiger charge is 2.20. The van der Waals surface area contributed by atoms with Gasteiger partial charge in [0, 0.05) is 30.0 Å². The maximum absolute atomic E-state index is 12.5. The minimum atomic E-state index is -0.275. The number of nitrogens with zero attached hydrogens (tertiary/aromatic N) is 2. The Morgan fingerprint density at radius 3 is 2.58 bits per heavy atom. The van der Waals surface area contributed by atoms with E-state index in [9.17, 15) is 9.59 Å². The van der Waals surface area contributed by atoms with Crippen molar-refractivity contribution >= 4 is 34.0 Å². The standard InChI is InChI=1S/C18H18N4O3S/c1-4-15-16(10(2)22-25-15)17(24)21-18-20-14(9-26-18)12-5-7-13(8-6-12)19-11(3)23/h5-9H,4H2,1-3H3,(H,19,23)(H,20,21,24). The van der Waals surface area contributed by atoms with Gasteiger partial charge in [-0.15, -0.1) is 11.3 Å². The summed E-state index contributed by atoms with van der Waals surface area (Å²) < 4.78 is 5.16. The van der Waals surface area contributed by atoms with E-state index >= 15 is 0 Å². The highest BCUT2D eigenvalue weighted by molar-refractivity contribution is 7.14. The number of hydrogen-bond donors (Lipinski definition) is 2. The van der Waals surface area contributed by atoms with Gasteiger partial charge in [0.2, 0.25) is 5.91 Å². The maximum atomic E-state index is 12.5. The molecule has 0 spiro atoms. The monoisotopic (exact) mass is 370 g/mol. The first-order chi connectivity index (χ1) is 12.5. The summed E-state index contributed by atoms with van der Waals surface area (Å²) in [6.07, 6.45) is 0.591. The van der Waals surface area contributed by atoms with Crippen molar-refractivity contribution < 1.29 is 14.1 Å². The first-order valence-corrected chi connectivity index (χ1v) is 8.96. The zero-order valence-electron chi connectivity index (χ0n) is 14.6. The van der Waals surface area contributed by atoms with E-state index < -0.39 is 0 Å². The molecule has 2 N–H and O–H groups in total. The Hall–Kier alpha value is -3.00. The number of thiazole rings is 1. The van der Waals surface area contributed by atoms with Crippen LogP contribution in [0.25, 0.3) is 11.3 Å². The molecule has 0 aliphatic carbocycles. The van der Waals surface area contributed by atoms with E-state index in [4.69, 9.17) is 4.52 Å². The summed E-state index contributed by atoms with van der Waals surface area (Å²) in [6, 6.07) is 7.35. The molecule has 3 rings (SSSR count). The fourth-order valence-corrected chi connectivity index (χ4v) is 3.21. The van der Waals surface area contributed by atoms with E-state index in [1.54, 1.807) is 6.92 Å². The van der Waals surface area contributed by atoms with Gasteiger partial charge in [-0.05, 0) is 19.1 Å². The minimum Gasteiger partial charge on any atom is -0.360 e. The minimum absolute atomic E-state index is 0.119. The summed E-state index contributed by atoms with van der Waals surface area (Å²) in [6.45, 7) is 5.11. The summed E-state index contributed by atoms with van der Waals surface area (Å²) in [7, 11) is 0. The number of carbonyl (C=O) groups excluding carboxylic acids is 2. The molecule has 0 saturated carbocycles.